The smallest absolute Gasteiger partial charge is 0.101 e. The standard InChI is InChI=1S/C14H29NO4/c1-11(8-17-2)18-9-12(16)10-19-14-7-5-3-4-6-13(14)15/h11-14,16H,3-10,15H2,1-2H3. The third kappa shape index (κ3) is 7.22. The fourth-order valence-corrected chi connectivity index (χ4v) is 2.35. The van der Waals surface area contributed by atoms with Gasteiger partial charge in [-0.1, -0.05) is 19.3 Å². The zero-order chi connectivity index (χ0) is 14.1. The molecule has 5 nitrogen and oxygen atoms in total. The lowest BCUT2D eigenvalue weighted by Gasteiger charge is -2.24. The Hall–Kier alpha value is -0.200. The summed E-state index contributed by atoms with van der Waals surface area (Å²) in [6.45, 7) is 3.00. The van der Waals surface area contributed by atoms with E-state index in [2.05, 4.69) is 0 Å². The van der Waals surface area contributed by atoms with Crippen LogP contribution in [0, 0.1) is 0 Å². The number of nitrogens with two attached hydrogens (primary N) is 1. The predicted octanol–water partition coefficient (Wildman–Crippen LogP) is 1.08. The van der Waals surface area contributed by atoms with Crippen LogP contribution < -0.4 is 5.73 Å². The molecule has 0 radical (unpaired) electrons. The van der Waals surface area contributed by atoms with Crippen molar-refractivity contribution in [1.82, 2.24) is 0 Å². The molecule has 0 aromatic carbocycles. The van der Waals surface area contributed by atoms with Crippen molar-refractivity contribution in [3.8, 4) is 0 Å². The van der Waals surface area contributed by atoms with Gasteiger partial charge >= 0.3 is 0 Å². The quantitative estimate of drug-likeness (QED) is 0.648. The summed E-state index contributed by atoms with van der Waals surface area (Å²) in [4.78, 5) is 0. The van der Waals surface area contributed by atoms with Gasteiger partial charge in [-0.3, -0.25) is 0 Å². The summed E-state index contributed by atoms with van der Waals surface area (Å²) in [6, 6.07) is 0.100. The van der Waals surface area contributed by atoms with E-state index in [1.54, 1.807) is 7.11 Å². The summed E-state index contributed by atoms with van der Waals surface area (Å²) in [5.41, 5.74) is 6.07. The Kier molecular flexibility index (Phi) is 8.57. The van der Waals surface area contributed by atoms with Crippen LogP contribution in [0.15, 0.2) is 0 Å². The first-order valence-corrected chi connectivity index (χ1v) is 7.29. The van der Waals surface area contributed by atoms with Crippen LogP contribution in [0.4, 0.5) is 0 Å². The molecule has 1 saturated carbocycles. The van der Waals surface area contributed by atoms with E-state index in [9.17, 15) is 5.11 Å². The van der Waals surface area contributed by atoms with Gasteiger partial charge in [0.05, 0.1) is 32.0 Å². The molecule has 0 saturated heterocycles. The molecular weight excluding hydrogens is 246 g/mol. The van der Waals surface area contributed by atoms with Crippen molar-refractivity contribution in [2.24, 2.45) is 5.73 Å². The number of hydrogen-bond acceptors (Lipinski definition) is 5. The van der Waals surface area contributed by atoms with Gasteiger partial charge in [0.2, 0.25) is 0 Å². The maximum atomic E-state index is 9.82. The third-order valence-electron chi connectivity index (χ3n) is 3.48. The van der Waals surface area contributed by atoms with Gasteiger partial charge < -0.3 is 25.1 Å². The molecule has 5 heteroatoms. The second kappa shape index (κ2) is 9.66. The van der Waals surface area contributed by atoms with E-state index >= 15 is 0 Å². The van der Waals surface area contributed by atoms with Gasteiger partial charge in [0.1, 0.15) is 6.10 Å². The lowest BCUT2D eigenvalue weighted by atomic mass is 10.1. The van der Waals surface area contributed by atoms with E-state index in [0.29, 0.717) is 6.61 Å². The second-order valence-electron chi connectivity index (χ2n) is 5.43. The summed E-state index contributed by atoms with van der Waals surface area (Å²) in [6.07, 6.45) is 5.05. The first-order valence-electron chi connectivity index (χ1n) is 7.29. The lowest BCUT2D eigenvalue weighted by molar-refractivity contribution is -0.0745. The predicted molar refractivity (Wildman–Crippen MR) is 74.1 cm³/mol. The molecule has 3 N–H and O–H groups in total. The molecule has 0 aliphatic heterocycles. The van der Waals surface area contributed by atoms with E-state index in [1.807, 2.05) is 6.92 Å². The molecule has 0 bridgehead atoms. The molecule has 0 amide bonds. The van der Waals surface area contributed by atoms with Crippen molar-refractivity contribution >= 4 is 0 Å². The van der Waals surface area contributed by atoms with E-state index in [-0.39, 0.29) is 31.5 Å². The highest BCUT2D eigenvalue weighted by atomic mass is 16.5. The minimum Gasteiger partial charge on any atom is -0.388 e. The molecular formula is C14H29NO4. The highest BCUT2D eigenvalue weighted by Crippen LogP contribution is 2.19. The molecule has 0 aromatic rings. The lowest BCUT2D eigenvalue weighted by Crippen LogP contribution is -2.38. The SMILES string of the molecule is COCC(C)OCC(O)COC1CCCCCC1N. The summed E-state index contributed by atoms with van der Waals surface area (Å²) in [7, 11) is 1.63. The fraction of sp³-hybridized carbons (Fsp3) is 1.00. The van der Waals surface area contributed by atoms with Crippen LogP contribution in [0.25, 0.3) is 0 Å². The maximum absolute atomic E-state index is 9.82. The Morgan fingerprint density at radius 1 is 1.16 bits per heavy atom. The molecule has 0 spiro atoms. The molecule has 0 aromatic heterocycles. The van der Waals surface area contributed by atoms with Crippen LogP contribution in [-0.2, 0) is 14.2 Å². The molecule has 4 unspecified atom stereocenters. The van der Waals surface area contributed by atoms with Gasteiger partial charge in [-0.2, -0.15) is 0 Å². The van der Waals surface area contributed by atoms with Crippen molar-refractivity contribution in [3.05, 3.63) is 0 Å². The molecule has 114 valence electrons. The van der Waals surface area contributed by atoms with E-state index in [0.717, 1.165) is 19.3 Å². The van der Waals surface area contributed by atoms with E-state index < -0.39 is 6.10 Å². The molecule has 4 atom stereocenters. The zero-order valence-electron chi connectivity index (χ0n) is 12.2. The Morgan fingerprint density at radius 3 is 2.63 bits per heavy atom. The summed E-state index contributed by atoms with van der Waals surface area (Å²) >= 11 is 0. The first-order chi connectivity index (χ1) is 9.13. The Labute approximate surface area is 116 Å². The van der Waals surface area contributed by atoms with Crippen molar-refractivity contribution in [1.29, 1.82) is 0 Å². The van der Waals surface area contributed by atoms with Gasteiger partial charge in [-0.15, -0.1) is 0 Å². The number of aliphatic hydroxyl groups is 1. The number of methoxy groups -OCH3 is 1. The topological polar surface area (TPSA) is 73.9 Å². The normalized spacial score (nSPS) is 27.8. The Balaban J connectivity index is 2.15. The van der Waals surface area contributed by atoms with Crippen molar-refractivity contribution in [3.63, 3.8) is 0 Å². The van der Waals surface area contributed by atoms with Crippen LogP contribution in [0.1, 0.15) is 39.0 Å². The van der Waals surface area contributed by atoms with Crippen molar-refractivity contribution < 1.29 is 19.3 Å². The number of ether oxygens (including phenoxy) is 3. The minimum atomic E-state index is -0.602. The van der Waals surface area contributed by atoms with Crippen LogP contribution in [0.3, 0.4) is 0 Å². The second-order valence-corrected chi connectivity index (χ2v) is 5.43. The van der Waals surface area contributed by atoms with Gasteiger partial charge in [-0.05, 0) is 19.8 Å². The van der Waals surface area contributed by atoms with E-state index in [4.69, 9.17) is 19.9 Å². The first kappa shape index (κ1) is 16.9. The average molecular weight is 275 g/mol. The van der Waals surface area contributed by atoms with Gasteiger partial charge in [-0.25, -0.2) is 0 Å². The van der Waals surface area contributed by atoms with Crippen LogP contribution in [0.2, 0.25) is 0 Å². The van der Waals surface area contributed by atoms with Crippen LogP contribution >= 0.6 is 0 Å². The van der Waals surface area contributed by atoms with Crippen LogP contribution in [0.5, 0.6) is 0 Å². The zero-order valence-corrected chi connectivity index (χ0v) is 12.2. The molecule has 1 fully saturated rings. The van der Waals surface area contributed by atoms with Gasteiger partial charge in [0.15, 0.2) is 0 Å². The fourth-order valence-electron chi connectivity index (χ4n) is 2.35. The summed E-state index contributed by atoms with van der Waals surface area (Å²) in [5, 5.41) is 9.82. The minimum absolute atomic E-state index is 0.0141. The van der Waals surface area contributed by atoms with Crippen LogP contribution in [-0.4, -0.2) is 56.4 Å². The molecule has 1 aliphatic carbocycles. The Bertz CT molecular complexity index is 227. The number of aliphatic hydroxyl groups excluding tert-OH is 1. The molecule has 19 heavy (non-hydrogen) atoms. The highest BCUT2D eigenvalue weighted by Gasteiger charge is 2.22. The van der Waals surface area contributed by atoms with Crippen molar-refractivity contribution in [2.45, 2.75) is 63.4 Å². The van der Waals surface area contributed by atoms with Gasteiger partial charge in [0, 0.05) is 13.2 Å². The van der Waals surface area contributed by atoms with E-state index in [1.165, 1.54) is 12.8 Å². The molecule has 0 heterocycles. The average Bonchev–Trinajstić information content (AvgIpc) is 2.59. The summed E-state index contributed by atoms with van der Waals surface area (Å²) in [5.74, 6) is 0. The third-order valence-corrected chi connectivity index (χ3v) is 3.48. The summed E-state index contributed by atoms with van der Waals surface area (Å²) < 4.78 is 16.2. The number of hydrogen-bond donors (Lipinski definition) is 2. The largest absolute Gasteiger partial charge is 0.388 e. The molecule has 1 aliphatic rings. The van der Waals surface area contributed by atoms with Gasteiger partial charge in [0.25, 0.3) is 0 Å². The maximum Gasteiger partial charge on any atom is 0.101 e. The monoisotopic (exact) mass is 275 g/mol. The highest BCUT2D eigenvalue weighted by molar-refractivity contribution is 4.77. The van der Waals surface area contributed by atoms with Crippen molar-refractivity contribution in [2.75, 3.05) is 26.9 Å². The Morgan fingerprint density at radius 2 is 1.89 bits per heavy atom. The number of rotatable bonds is 8. The molecule has 1 rings (SSSR count).